The summed E-state index contributed by atoms with van der Waals surface area (Å²) in [7, 11) is 1.60. The van der Waals surface area contributed by atoms with Crippen LogP contribution in [-0.4, -0.2) is 28.7 Å². The van der Waals surface area contributed by atoms with Gasteiger partial charge < -0.3 is 10.6 Å². The number of nitriles is 1. The van der Waals surface area contributed by atoms with Crippen LogP contribution in [0.5, 0.6) is 0 Å². The summed E-state index contributed by atoms with van der Waals surface area (Å²) >= 11 is 5.78. The Kier molecular flexibility index (Phi) is 3.55. The van der Waals surface area contributed by atoms with Crippen LogP contribution in [0.25, 0.3) is 0 Å². The van der Waals surface area contributed by atoms with Gasteiger partial charge in [-0.3, -0.25) is 9.36 Å². The van der Waals surface area contributed by atoms with E-state index < -0.39 is 5.56 Å². The molecule has 1 aliphatic heterocycles. The molecule has 1 aliphatic rings. The first-order valence-electron chi connectivity index (χ1n) is 5.71. The minimum Gasteiger partial charge on any atom is -0.342 e. The molecule has 0 spiro atoms. The summed E-state index contributed by atoms with van der Waals surface area (Å²) in [5, 5.41) is 8.79. The van der Waals surface area contributed by atoms with E-state index >= 15 is 0 Å². The molecule has 0 radical (unpaired) electrons. The molecule has 6 nitrogen and oxygen atoms in total. The lowest BCUT2D eigenvalue weighted by Crippen LogP contribution is -2.42. The molecule has 2 rings (SSSR count). The number of hydrogen-bond donors (Lipinski definition) is 1. The van der Waals surface area contributed by atoms with E-state index in [-0.39, 0.29) is 16.8 Å². The zero-order valence-electron chi connectivity index (χ0n) is 10.1. The highest BCUT2D eigenvalue weighted by atomic mass is 35.5. The SMILES string of the molecule is Cn1c(N2CCC(N)CC2)nc(C#N)c(Cl)c1=O. The average molecular weight is 268 g/mol. The van der Waals surface area contributed by atoms with Crippen LogP contribution in [0.1, 0.15) is 18.5 Å². The number of nitrogens with zero attached hydrogens (tertiary/aromatic N) is 4. The Balaban J connectivity index is 2.43. The molecule has 7 heteroatoms. The number of hydrogen-bond acceptors (Lipinski definition) is 5. The zero-order valence-corrected chi connectivity index (χ0v) is 10.8. The van der Waals surface area contributed by atoms with Crippen molar-refractivity contribution in [2.45, 2.75) is 18.9 Å². The summed E-state index contributed by atoms with van der Waals surface area (Å²) in [5.41, 5.74) is 5.42. The third-order valence-electron chi connectivity index (χ3n) is 3.14. The van der Waals surface area contributed by atoms with E-state index in [0.717, 1.165) is 25.9 Å². The van der Waals surface area contributed by atoms with Crippen LogP contribution in [0.2, 0.25) is 5.02 Å². The van der Waals surface area contributed by atoms with E-state index in [1.54, 1.807) is 7.05 Å². The van der Waals surface area contributed by atoms with Gasteiger partial charge in [-0.05, 0) is 12.8 Å². The first-order valence-corrected chi connectivity index (χ1v) is 6.09. The van der Waals surface area contributed by atoms with Crippen molar-refractivity contribution < 1.29 is 0 Å². The second-order valence-electron chi connectivity index (χ2n) is 4.37. The molecule has 1 aromatic heterocycles. The Bertz CT molecular complexity index is 554. The fraction of sp³-hybridized carbons (Fsp3) is 0.545. The zero-order chi connectivity index (χ0) is 13.3. The maximum absolute atomic E-state index is 11.9. The predicted molar refractivity (Wildman–Crippen MR) is 68.6 cm³/mol. The Morgan fingerprint density at radius 3 is 2.67 bits per heavy atom. The fourth-order valence-electron chi connectivity index (χ4n) is 2.02. The van der Waals surface area contributed by atoms with Crippen LogP contribution >= 0.6 is 11.6 Å². The molecular formula is C11H14ClN5O. The van der Waals surface area contributed by atoms with E-state index in [1.807, 2.05) is 11.0 Å². The highest BCUT2D eigenvalue weighted by Gasteiger charge is 2.21. The van der Waals surface area contributed by atoms with E-state index in [1.165, 1.54) is 4.57 Å². The van der Waals surface area contributed by atoms with Gasteiger partial charge in [0.25, 0.3) is 5.56 Å². The smallest absolute Gasteiger partial charge is 0.274 e. The molecule has 0 aromatic carbocycles. The van der Waals surface area contributed by atoms with Crippen molar-refractivity contribution in [2.75, 3.05) is 18.0 Å². The Morgan fingerprint density at radius 2 is 2.11 bits per heavy atom. The standard InChI is InChI=1S/C11H14ClN5O/c1-16-10(18)9(12)8(6-13)15-11(16)17-4-2-7(14)3-5-17/h7H,2-5,14H2,1H3. The van der Waals surface area contributed by atoms with E-state index in [4.69, 9.17) is 22.6 Å². The molecule has 2 N–H and O–H groups in total. The van der Waals surface area contributed by atoms with Gasteiger partial charge in [-0.1, -0.05) is 11.6 Å². The Hall–Kier alpha value is -1.58. The molecule has 18 heavy (non-hydrogen) atoms. The van der Waals surface area contributed by atoms with Gasteiger partial charge >= 0.3 is 0 Å². The first-order chi connectivity index (χ1) is 8.54. The molecule has 0 amide bonds. The lowest BCUT2D eigenvalue weighted by atomic mass is 10.1. The maximum atomic E-state index is 11.9. The maximum Gasteiger partial charge on any atom is 0.274 e. The fourth-order valence-corrected chi connectivity index (χ4v) is 2.23. The predicted octanol–water partition coefficient (Wildman–Crippen LogP) is 0.233. The summed E-state index contributed by atoms with van der Waals surface area (Å²) < 4.78 is 1.38. The van der Waals surface area contributed by atoms with Gasteiger partial charge in [0.1, 0.15) is 11.1 Å². The highest BCUT2D eigenvalue weighted by Crippen LogP contribution is 2.18. The topological polar surface area (TPSA) is 87.9 Å². The molecule has 1 aromatic rings. The van der Waals surface area contributed by atoms with Crippen molar-refractivity contribution in [1.29, 1.82) is 5.26 Å². The third kappa shape index (κ3) is 2.19. The summed E-state index contributed by atoms with van der Waals surface area (Å²) in [6.07, 6.45) is 1.70. The minimum atomic E-state index is -0.395. The molecule has 1 saturated heterocycles. The third-order valence-corrected chi connectivity index (χ3v) is 3.48. The quantitative estimate of drug-likeness (QED) is 0.787. The van der Waals surface area contributed by atoms with Crippen LogP contribution in [-0.2, 0) is 7.05 Å². The van der Waals surface area contributed by atoms with Gasteiger partial charge in [0, 0.05) is 26.2 Å². The summed E-state index contributed by atoms with van der Waals surface area (Å²) in [6, 6.07) is 2.04. The van der Waals surface area contributed by atoms with Crippen LogP contribution < -0.4 is 16.2 Å². The number of aromatic nitrogens is 2. The van der Waals surface area contributed by atoms with Crippen LogP contribution in [0.15, 0.2) is 4.79 Å². The van der Waals surface area contributed by atoms with Crippen molar-refractivity contribution in [3.05, 3.63) is 21.1 Å². The van der Waals surface area contributed by atoms with Crippen LogP contribution in [0.4, 0.5) is 5.95 Å². The average Bonchev–Trinajstić information content (AvgIpc) is 2.38. The molecule has 0 atom stereocenters. The Morgan fingerprint density at radius 1 is 1.50 bits per heavy atom. The van der Waals surface area contributed by atoms with E-state index in [0.29, 0.717) is 5.95 Å². The van der Waals surface area contributed by atoms with Gasteiger partial charge in [-0.2, -0.15) is 5.26 Å². The number of nitrogens with two attached hydrogens (primary N) is 1. The lowest BCUT2D eigenvalue weighted by molar-refractivity contribution is 0.489. The van der Waals surface area contributed by atoms with Gasteiger partial charge in [-0.15, -0.1) is 0 Å². The van der Waals surface area contributed by atoms with Crippen molar-refractivity contribution in [2.24, 2.45) is 12.8 Å². The largest absolute Gasteiger partial charge is 0.342 e. The van der Waals surface area contributed by atoms with Crippen molar-refractivity contribution in [3.8, 4) is 6.07 Å². The number of rotatable bonds is 1. The second-order valence-corrected chi connectivity index (χ2v) is 4.75. The Labute approximate surface area is 110 Å². The van der Waals surface area contributed by atoms with Gasteiger partial charge in [0.15, 0.2) is 5.69 Å². The van der Waals surface area contributed by atoms with E-state index in [9.17, 15) is 4.79 Å². The van der Waals surface area contributed by atoms with Gasteiger partial charge in [0.05, 0.1) is 0 Å². The summed E-state index contributed by atoms with van der Waals surface area (Å²) in [6.45, 7) is 1.46. The number of halogens is 1. The summed E-state index contributed by atoms with van der Waals surface area (Å²) in [5.74, 6) is 0.479. The minimum absolute atomic E-state index is 0.0235. The lowest BCUT2D eigenvalue weighted by Gasteiger charge is -2.31. The van der Waals surface area contributed by atoms with Crippen molar-refractivity contribution >= 4 is 17.5 Å². The molecule has 0 unspecified atom stereocenters. The molecular weight excluding hydrogens is 254 g/mol. The molecule has 2 heterocycles. The van der Waals surface area contributed by atoms with Gasteiger partial charge in [-0.25, -0.2) is 4.98 Å². The van der Waals surface area contributed by atoms with Gasteiger partial charge in [0.2, 0.25) is 5.95 Å². The normalized spacial score (nSPS) is 16.7. The second kappa shape index (κ2) is 4.96. The first kappa shape index (κ1) is 12.9. The van der Waals surface area contributed by atoms with Crippen molar-refractivity contribution in [3.63, 3.8) is 0 Å². The van der Waals surface area contributed by atoms with Crippen molar-refractivity contribution in [1.82, 2.24) is 9.55 Å². The molecule has 96 valence electrons. The number of anilines is 1. The molecule has 0 aliphatic carbocycles. The van der Waals surface area contributed by atoms with Crippen LogP contribution in [0.3, 0.4) is 0 Å². The summed E-state index contributed by atoms with van der Waals surface area (Å²) in [4.78, 5) is 18.0. The highest BCUT2D eigenvalue weighted by molar-refractivity contribution is 6.31. The molecule has 1 fully saturated rings. The number of piperidine rings is 1. The molecule has 0 saturated carbocycles. The molecule has 0 bridgehead atoms. The monoisotopic (exact) mass is 267 g/mol. The van der Waals surface area contributed by atoms with Crippen LogP contribution in [0, 0.1) is 11.3 Å². The van der Waals surface area contributed by atoms with E-state index in [2.05, 4.69) is 4.98 Å².